The Morgan fingerprint density at radius 2 is 1.95 bits per heavy atom. The van der Waals surface area contributed by atoms with Crippen LogP contribution in [0.1, 0.15) is 11.1 Å². The van der Waals surface area contributed by atoms with Crippen molar-refractivity contribution in [3.05, 3.63) is 52.5 Å². The summed E-state index contributed by atoms with van der Waals surface area (Å²) in [6, 6.07) is 11.4. The maximum absolute atomic E-state index is 6.18. The number of rotatable bonds is 2. The first-order chi connectivity index (χ1) is 10.1. The quantitative estimate of drug-likeness (QED) is 0.738. The molecule has 21 heavy (non-hydrogen) atoms. The van der Waals surface area contributed by atoms with E-state index in [1.807, 2.05) is 50.2 Å². The predicted molar refractivity (Wildman–Crippen MR) is 83.5 cm³/mol. The van der Waals surface area contributed by atoms with Crippen LogP contribution in [0.3, 0.4) is 0 Å². The molecule has 0 saturated heterocycles. The summed E-state index contributed by atoms with van der Waals surface area (Å²) in [5.74, 6) is 0.656. The molecule has 0 aliphatic heterocycles. The van der Waals surface area contributed by atoms with Crippen LogP contribution >= 0.6 is 11.6 Å². The molecule has 0 aliphatic rings. The molecule has 3 aromatic rings. The molecule has 0 unspecified atom stereocenters. The highest BCUT2D eigenvalue weighted by atomic mass is 35.5. The van der Waals surface area contributed by atoms with Gasteiger partial charge in [-0.1, -0.05) is 17.7 Å². The standard InChI is InChI=1S/C15H14ClN5/c1-9-8-11(6-7-13(9)17)15-18-19-20-21(15)14-5-3-4-12(16)10(14)2/h3-8H,17H2,1-2H3. The first kappa shape index (κ1) is 13.6. The highest BCUT2D eigenvalue weighted by Crippen LogP contribution is 2.26. The second-order valence-electron chi connectivity index (χ2n) is 4.87. The molecule has 1 heterocycles. The molecule has 5 nitrogen and oxygen atoms in total. The van der Waals surface area contributed by atoms with Gasteiger partial charge in [-0.15, -0.1) is 5.10 Å². The summed E-state index contributed by atoms with van der Waals surface area (Å²) in [4.78, 5) is 0. The lowest BCUT2D eigenvalue weighted by Crippen LogP contribution is -2.03. The van der Waals surface area contributed by atoms with Gasteiger partial charge in [-0.25, -0.2) is 0 Å². The second-order valence-corrected chi connectivity index (χ2v) is 5.28. The van der Waals surface area contributed by atoms with E-state index < -0.39 is 0 Å². The summed E-state index contributed by atoms with van der Waals surface area (Å²) in [5.41, 5.74) is 10.3. The van der Waals surface area contributed by atoms with Gasteiger partial charge in [0.25, 0.3) is 0 Å². The SMILES string of the molecule is Cc1cc(-c2nnnn2-c2cccc(Cl)c2C)ccc1N. The molecule has 0 fully saturated rings. The van der Waals surface area contributed by atoms with Crippen LogP contribution in [0.5, 0.6) is 0 Å². The molecule has 0 atom stereocenters. The lowest BCUT2D eigenvalue weighted by molar-refractivity contribution is 0.787. The van der Waals surface area contributed by atoms with Crippen molar-refractivity contribution < 1.29 is 0 Å². The van der Waals surface area contributed by atoms with Crippen molar-refractivity contribution in [3.8, 4) is 17.1 Å². The molecule has 3 rings (SSSR count). The summed E-state index contributed by atoms with van der Waals surface area (Å²) in [7, 11) is 0. The Labute approximate surface area is 127 Å². The lowest BCUT2D eigenvalue weighted by atomic mass is 10.1. The Balaban J connectivity index is 2.17. The zero-order chi connectivity index (χ0) is 15.0. The minimum Gasteiger partial charge on any atom is -0.399 e. The topological polar surface area (TPSA) is 69.6 Å². The maximum Gasteiger partial charge on any atom is 0.187 e. The van der Waals surface area contributed by atoms with Crippen molar-refractivity contribution in [2.45, 2.75) is 13.8 Å². The Kier molecular flexibility index (Phi) is 3.35. The maximum atomic E-state index is 6.18. The summed E-state index contributed by atoms with van der Waals surface area (Å²) < 4.78 is 1.69. The van der Waals surface area contributed by atoms with Crippen LogP contribution < -0.4 is 5.73 Å². The Morgan fingerprint density at radius 1 is 1.14 bits per heavy atom. The van der Waals surface area contributed by atoms with E-state index in [0.29, 0.717) is 10.8 Å². The Morgan fingerprint density at radius 3 is 2.71 bits per heavy atom. The number of aromatic nitrogens is 4. The molecule has 0 spiro atoms. The molecule has 0 radical (unpaired) electrons. The number of nitrogens with zero attached hydrogens (tertiary/aromatic N) is 4. The summed E-state index contributed by atoms with van der Waals surface area (Å²) in [6.45, 7) is 3.90. The molecule has 6 heteroatoms. The van der Waals surface area contributed by atoms with Crippen molar-refractivity contribution >= 4 is 17.3 Å². The van der Waals surface area contributed by atoms with Crippen LogP contribution in [0, 0.1) is 13.8 Å². The van der Waals surface area contributed by atoms with Gasteiger partial charge in [0.2, 0.25) is 0 Å². The van der Waals surface area contributed by atoms with E-state index in [9.17, 15) is 0 Å². The van der Waals surface area contributed by atoms with E-state index in [1.54, 1.807) is 4.68 Å². The lowest BCUT2D eigenvalue weighted by Gasteiger charge is -2.09. The number of nitrogens with two attached hydrogens (primary N) is 1. The summed E-state index contributed by atoms with van der Waals surface area (Å²) in [5, 5.41) is 12.7. The predicted octanol–water partition coefficient (Wildman–Crippen LogP) is 3.18. The fourth-order valence-corrected chi connectivity index (χ4v) is 2.34. The van der Waals surface area contributed by atoms with Crippen LogP contribution in [-0.4, -0.2) is 20.2 Å². The average molecular weight is 300 g/mol. The normalized spacial score (nSPS) is 10.8. The fraction of sp³-hybridized carbons (Fsp3) is 0.133. The zero-order valence-electron chi connectivity index (χ0n) is 11.7. The van der Waals surface area contributed by atoms with Crippen molar-refractivity contribution in [3.63, 3.8) is 0 Å². The van der Waals surface area contributed by atoms with E-state index in [-0.39, 0.29) is 0 Å². The largest absolute Gasteiger partial charge is 0.399 e. The van der Waals surface area contributed by atoms with Gasteiger partial charge in [-0.2, -0.15) is 4.68 Å². The number of nitrogen functional groups attached to an aromatic ring is 1. The molecule has 0 bridgehead atoms. The molecular formula is C15H14ClN5. The first-order valence-corrected chi connectivity index (χ1v) is 6.86. The Bertz CT molecular complexity index is 810. The third-order valence-electron chi connectivity index (χ3n) is 3.46. The van der Waals surface area contributed by atoms with E-state index in [4.69, 9.17) is 17.3 Å². The van der Waals surface area contributed by atoms with Gasteiger partial charge < -0.3 is 5.73 Å². The van der Waals surface area contributed by atoms with Gasteiger partial charge in [-0.05, 0) is 65.7 Å². The Hall–Kier alpha value is -2.40. The van der Waals surface area contributed by atoms with Crippen molar-refractivity contribution in [1.29, 1.82) is 0 Å². The van der Waals surface area contributed by atoms with Crippen molar-refractivity contribution in [2.24, 2.45) is 0 Å². The van der Waals surface area contributed by atoms with Crippen LogP contribution in [0.15, 0.2) is 36.4 Å². The number of tetrazole rings is 1. The number of hydrogen-bond donors (Lipinski definition) is 1. The van der Waals surface area contributed by atoms with Gasteiger partial charge in [0.05, 0.1) is 5.69 Å². The van der Waals surface area contributed by atoms with E-state index in [2.05, 4.69) is 15.5 Å². The summed E-state index contributed by atoms with van der Waals surface area (Å²) >= 11 is 6.18. The highest BCUT2D eigenvalue weighted by molar-refractivity contribution is 6.31. The van der Waals surface area contributed by atoms with Crippen LogP contribution in [0.4, 0.5) is 5.69 Å². The van der Waals surface area contributed by atoms with Crippen molar-refractivity contribution in [2.75, 3.05) is 5.73 Å². The number of hydrogen-bond acceptors (Lipinski definition) is 4. The molecule has 1 aromatic heterocycles. The smallest absolute Gasteiger partial charge is 0.187 e. The van der Waals surface area contributed by atoms with Gasteiger partial charge in [0, 0.05) is 16.3 Å². The first-order valence-electron chi connectivity index (χ1n) is 6.48. The number of halogens is 1. The minimum absolute atomic E-state index is 0.656. The van der Waals surface area contributed by atoms with E-state index >= 15 is 0 Å². The van der Waals surface area contributed by atoms with E-state index in [0.717, 1.165) is 28.1 Å². The fourth-order valence-electron chi connectivity index (χ4n) is 2.17. The minimum atomic E-state index is 0.656. The van der Waals surface area contributed by atoms with Crippen LogP contribution in [-0.2, 0) is 0 Å². The van der Waals surface area contributed by atoms with Crippen LogP contribution in [0.2, 0.25) is 5.02 Å². The van der Waals surface area contributed by atoms with Gasteiger partial charge in [0.15, 0.2) is 5.82 Å². The molecule has 0 saturated carbocycles. The van der Waals surface area contributed by atoms with Gasteiger partial charge in [-0.3, -0.25) is 0 Å². The number of aryl methyl sites for hydroxylation is 1. The monoisotopic (exact) mass is 299 g/mol. The molecular weight excluding hydrogens is 286 g/mol. The van der Waals surface area contributed by atoms with Gasteiger partial charge in [0.1, 0.15) is 0 Å². The molecule has 2 N–H and O–H groups in total. The van der Waals surface area contributed by atoms with Crippen molar-refractivity contribution in [1.82, 2.24) is 20.2 Å². The molecule has 2 aromatic carbocycles. The number of benzene rings is 2. The van der Waals surface area contributed by atoms with E-state index in [1.165, 1.54) is 0 Å². The number of anilines is 1. The average Bonchev–Trinajstić information content (AvgIpc) is 2.94. The summed E-state index contributed by atoms with van der Waals surface area (Å²) in [6.07, 6.45) is 0. The van der Waals surface area contributed by atoms with Gasteiger partial charge >= 0.3 is 0 Å². The molecule has 106 valence electrons. The molecule has 0 amide bonds. The third-order valence-corrected chi connectivity index (χ3v) is 3.87. The highest BCUT2D eigenvalue weighted by Gasteiger charge is 2.14. The third kappa shape index (κ3) is 2.36. The zero-order valence-corrected chi connectivity index (χ0v) is 12.5. The molecule has 0 aliphatic carbocycles. The van der Waals surface area contributed by atoms with Crippen LogP contribution in [0.25, 0.3) is 17.1 Å². The second kappa shape index (κ2) is 5.18.